The van der Waals surface area contributed by atoms with Gasteiger partial charge in [0.05, 0.1) is 0 Å². The summed E-state index contributed by atoms with van der Waals surface area (Å²) in [7, 11) is 0. The molecule has 13 heavy (non-hydrogen) atoms. The molecule has 1 unspecified atom stereocenters. The lowest BCUT2D eigenvalue weighted by Crippen LogP contribution is -2.34. The van der Waals surface area contributed by atoms with Gasteiger partial charge in [-0.05, 0) is 18.3 Å². The van der Waals surface area contributed by atoms with Crippen LogP contribution in [0.4, 0.5) is 0 Å². The summed E-state index contributed by atoms with van der Waals surface area (Å²) in [6.07, 6.45) is 10.8. The first kappa shape index (κ1) is 12.5. The van der Waals surface area contributed by atoms with Gasteiger partial charge in [0.2, 0.25) is 0 Å². The fourth-order valence-corrected chi connectivity index (χ4v) is 1.20. The molecule has 0 saturated heterocycles. The van der Waals surface area contributed by atoms with Crippen molar-refractivity contribution < 1.29 is 0 Å². The predicted molar refractivity (Wildman–Crippen MR) is 59.3 cm³/mol. The standard InChI is InChI=1S/C12H23N/c1-5-6-7-8-9-10-11(13)12(2,3)4/h1,11H,6-10,13H2,2-4H3. The van der Waals surface area contributed by atoms with Gasteiger partial charge in [0, 0.05) is 12.5 Å². The number of rotatable bonds is 5. The fraction of sp³-hybridized carbons (Fsp3) is 0.833. The summed E-state index contributed by atoms with van der Waals surface area (Å²) in [6.45, 7) is 6.58. The van der Waals surface area contributed by atoms with E-state index in [9.17, 15) is 0 Å². The Morgan fingerprint density at radius 1 is 1.23 bits per heavy atom. The predicted octanol–water partition coefficient (Wildman–Crippen LogP) is 2.94. The van der Waals surface area contributed by atoms with Crippen molar-refractivity contribution >= 4 is 0 Å². The third kappa shape index (κ3) is 6.66. The van der Waals surface area contributed by atoms with Gasteiger partial charge in [-0.15, -0.1) is 12.3 Å². The zero-order chi connectivity index (χ0) is 10.3. The maximum Gasteiger partial charge on any atom is 0.00876 e. The minimum atomic E-state index is 0.242. The molecule has 1 heteroatoms. The van der Waals surface area contributed by atoms with E-state index in [0.29, 0.717) is 6.04 Å². The largest absolute Gasteiger partial charge is 0.327 e. The van der Waals surface area contributed by atoms with Crippen molar-refractivity contribution in [3.8, 4) is 12.3 Å². The van der Waals surface area contributed by atoms with Crippen LogP contribution in [-0.4, -0.2) is 6.04 Å². The quantitative estimate of drug-likeness (QED) is 0.512. The number of unbranched alkanes of at least 4 members (excludes halogenated alkanes) is 3. The third-order valence-electron chi connectivity index (χ3n) is 2.45. The second kappa shape index (κ2) is 6.05. The molecule has 0 aromatic heterocycles. The molecule has 0 bridgehead atoms. The van der Waals surface area contributed by atoms with E-state index >= 15 is 0 Å². The molecular formula is C12H23N. The minimum Gasteiger partial charge on any atom is -0.327 e. The Balaban J connectivity index is 3.39. The highest BCUT2D eigenvalue weighted by atomic mass is 14.7. The summed E-state index contributed by atoms with van der Waals surface area (Å²) >= 11 is 0. The average molecular weight is 181 g/mol. The monoisotopic (exact) mass is 181 g/mol. The van der Waals surface area contributed by atoms with Gasteiger partial charge in [-0.25, -0.2) is 0 Å². The first-order valence-electron chi connectivity index (χ1n) is 5.17. The normalized spacial score (nSPS) is 13.8. The molecule has 0 aliphatic carbocycles. The Labute approximate surface area is 83.1 Å². The number of nitrogens with two attached hydrogens (primary N) is 1. The van der Waals surface area contributed by atoms with Gasteiger partial charge in [-0.3, -0.25) is 0 Å². The van der Waals surface area contributed by atoms with Crippen molar-refractivity contribution in [2.45, 2.75) is 58.9 Å². The van der Waals surface area contributed by atoms with Crippen LogP contribution in [0.2, 0.25) is 0 Å². The highest BCUT2D eigenvalue weighted by molar-refractivity contribution is 4.83. The first-order chi connectivity index (χ1) is 5.98. The van der Waals surface area contributed by atoms with Gasteiger partial charge in [-0.1, -0.05) is 33.6 Å². The number of hydrogen-bond donors (Lipinski definition) is 1. The number of terminal acetylenes is 1. The summed E-state index contributed by atoms with van der Waals surface area (Å²) < 4.78 is 0. The van der Waals surface area contributed by atoms with E-state index in [4.69, 9.17) is 12.2 Å². The summed E-state index contributed by atoms with van der Waals surface area (Å²) in [4.78, 5) is 0. The van der Waals surface area contributed by atoms with Crippen LogP contribution in [0, 0.1) is 17.8 Å². The SMILES string of the molecule is C#CCCCCCC(N)C(C)(C)C. The van der Waals surface area contributed by atoms with Gasteiger partial charge < -0.3 is 5.73 Å². The highest BCUT2D eigenvalue weighted by Crippen LogP contribution is 2.21. The molecule has 0 heterocycles. The Bertz CT molecular complexity index is 159. The molecule has 76 valence electrons. The average Bonchev–Trinajstić information content (AvgIpc) is 2.02. The molecule has 0 aromatic carbocycles. The summed E-state index contributed by atoms with van der Waals surface area (Å²) in [6, 6.07) is 0.318. The highest BCUT2D eigenvalue weighted by Gasteiger charge is 2.19. The summed E-state index contributed by atoms with van der Waals surface area (Å²) in [5, 5.41) is 0. The molecule has 0 saturated carbocycles. The second-order valence-electron chi connectivity index (χ2n) is 4.78. The van der Waals surface area contributed by atoms with Crippen LogP contribution in [0.15, 0.2) is 0 Å². The van der Waals surface area contributed by atoms with Gasteiger partial charge in [0.1, 0.15) is 0 Å². The molecule has 0 amide bonds. The molecule has 0 spiro atoms. The number of hydrogen-bond acceptors (Lipinski definition) is 1. The molecule has 0 aliphatic rings. The Kier molecular flexibility index (Phi) is 5.82. The molecular weight excluding hydrogens is 158 g/mol. The molecule has 0 aromatic rings. The van der Waals surface area contributed by atoms with Gasteiger partial charge in [-0.2, -0.15) is 0 Å². The van der Waals surface area contributed by atoms with Crippen LogP contribution in [0.25, 0.3) is 0 Å². The molecule has 0 rings (SSSR count). The first-order valence-corrected chi connectivity index (χ1v) is 5.17. The maximum atomic E-state index is 6.03. The van der Waals surface area contributed by atoms with Gasteiger partial charge >= 0.3 is 0 Å². The van der Waals surface area contributed by atoms with Crippen LogP contribution < -0.4 is 5.73 Å². The fourth-order valence-electron chi connectivity index (χ4n) is 1.20. The third-order valence-corrected chi connectivity index (χ3v) is 2.45. The van der Waals surface area contributed by atoms with E-state index in [-0.39, 0.29) is 5.41 Å². The van der Waals surface area contributed by atoms with Crippen molar-refractivity contribution in [2.75, 3.05) is 0 Å². The summed E-state index contributed by atoms with van der Waals surface area (Å²) in [5.74, 6) is 2.65. The van der Waals surface area contributed by atoms with Crippen LogP contribution in [0.1, 0.15) is 52.9 Å². The van der Waals surface area contributed by atoms with Crippen LogP contribution in [-0.2, 0) is 0 Å². The second-order valence-corrected chi connectivity index (χ2v) is 4.78. The molecule has 2 N–H and O–H groups in total. The van der Waals surface area contributed by atoms with Crippen LogP contribution in [0.5, 0.6) is 0 Å². The Morgan fingerprint density at radius 2 is 1.85 bits per heavy atom. The van der Waals surface area contributed by atoms with E-state index in [1.807, 2.05) is 0 Å². The van der Waals surface area contributed by atoms with Crippen molar-refractivity contribution in [2.24, 2.45) is 11.1 Å². The van der Waals surface area contributed by atoms with E-state index in [1.165, 1.54) is 12.8 Å². The Hall–Kier alpha value is -0.480. The van der Waals surface area contributed by atoms with Gasteiger partial charge in [0.15, 0.2) is 0 Å². The summed E-state index contributed by atoms with van der Waals surface area (Å²) in [5.41, 5.74) is 6.27. The van der Waals surface area contributed by atoms with E-state index in [0.717, 1.165) is 19.3 Å². The van der Waals surface area contributed by atoms with Gasteiger partial charge in [0.25, 0.3) is 0 Å². The van der Waals surface area contributed by atoms with Crippen LogP contribution in [0.3, 0.4) is 0 Å². The molecule has 0 radical (unpaired) electrons. The molecule has 1 atom stereocenters. The molecule has 1 nitrogen and oxygen atoms in total. The van der Waals surface area contributed by atoms with Crippen molar-refractivity contribution in [3.05, 3.63) is 0 Å². The lowest BCUT2D eigenvalue weighted by molar-refractivity contribution is 0.299. The lowest BCUT2D eigenvalue weighted by atomic mass is 9.84. The smallest absolute Gasteiger partial charge is 0.00876 e. The van der Waals surface area contributed by atoms with Crippen LogP contribution >= 0.6 is 0 Å². The van der Waals surface area contributed by atoms with E-state index < -0.39 is 0 Å². The molecule has 0 aliphatic heterocycles. The minimum absolute atomic E-state index is 0.242. The van der Waals surface area contributed by atoms with Crippen molar-refractivity contribution in [3.63, 3.8) is 0 Å². The van der Waals surface area contributed by atoms with E-state index in [1.54, 1.807) is 0 Å². The maximum absolute atomic E-state index is 6.03. The zero-order valence-corrected chi connectivity index (χ0v) is 9.27. The van der Waals surface area contributed by atoms with Crippen molar-refractivity contribution in [1.29, 1.82) is 0 Å². The lowest BCUT2D eigenvalue weighted by Gasteiger charge is -2.26. The topological polar surface area (TPSA) is 26.0 Å². The van der Waals surface area contributed by atoms with E-state index in [2.05, 4.69) is 26.7 Å². The van der Waals surface area contributed by atoms with Crippen molar-refractivity contribution in [1.82, 2.24) is 0 Å². The zero-order valence-electron chi connectivity index (χ0n) is 9.27. The molecule has 0 fully saturated rings. The Morgan fingerprint density at radius 3 is 2.31 bits per heavy atom.